The average Bonchev–Trinajstić information content (AvgIpc) is 2.27. The van der Waals surface area contributed by atoms with E-state index in [4.69, 9.17) is 0 Å². The Kier molecular flexibility index (Phi) is 9.38. The molecular weight excluding hydrogens is 198 g/mol. The smallest absolute Gasteiger partial charge is 0.244 e. The van der Waals surface area contributed by atoms with Crippen LogP contribution in [0.4, 0.5) is 0 Å². The maximum atomic E-state index is 11.3. The summed E-state index contributed by atoms with van der Waals surface area (Å²) in [4.78, 5) is 11.3. The van der Waals surface area contributed by atoms with Gasteiger partial charge in [0.15, 0.2) is 0 Å². The normalized spacial score (nSPS) is 13.9. The summed E-state index contributed by atoms with van der Waals surface area (Å²) in [5.41, 5.74) is 0. The summed E-state index contributed by atoms with van der Waals surface area (Å²) >= 11 is 0. The van der Waals surface area contributed by atoms with Crippen LogP contribution in [-0.2, 0) is 4.79 Å². The van der Waals surface area contributed by atoms with Crippen LogP contribution in [0.5, 0.6) is 0 Å². The predicted molar refractivity (Wildman–Crippen MR) is 70.2 cm³/mol. The Balaban J connectivity index is 3.70. The van der Waals surface area contributed by atoms with Gasteiger partial charge in [0.1, 0.15) is 0 Å². The Morgan fingerprint density at radius 2 is 1.94 bits per heavy atom. The van der Waals surface area contributed by atoms with E-state index in [1.807, 2.05) is 26.0 Å². The Morgan fingerprint density at radius 1 is 1.25 bits per heavy atom. The second-order valence-corrected chi connectivity index (χ2v) is 3.75. The fourth-order valence-corrected chi connectivity index (χ4v) is 1.07. The third-order valence-corrected chi connectivity index (χ3v) is 2.23. The Morgan fingerprint density at radius 3 is 2.56 bits per heavy atom. The van der Waals surface area contributed by atoms with Crippen LogP contribution in [0, 0.1) is 0 Å². The molecule has 0 aromatic heterocycles. The van der Waals surface area contributed by atoms with Crippen LogP contribution in [0.15, 0.2) is 36.5 Å². The summed E-state index contributed by atoms with van der Waals surface area (Å²) in [5, 5.41) is 2.87. The zero-order valence-electron chi connectivity index (χ0n) is 10.6. The molecule has 1 atom stereocenters. The Bertz CT molecular complexity index is 264. The van der Waals surface area contributed by atoms with E-state index in [9.17, 15) is 4.79 Å². The topological polar surface area (TPSA) is 29.1 Å². The molecule has 1 N–H and O–H groups in total. The van der Waals surface area contributed by atoms with Crippen molar-refractivity contribution >= 4 is 5.91 Å². The molecule has 0 bridgehead atoms. The van der Waals surface area contributed by atoms with Crippen LogP contribution < -0.4 is 5.32 Å². The van der Waals surface area contributed by atoms with Crippen molar-refractivity contribution in [3.05, 3.63) is 36.5 Å². The lowest BCUT2D eigenvalue weighted by Gasteiger charge is -2.07. The van der Waals surface area contributed by atoms with Gasteiger partial charge in [-0.05, 0) is 33.1 Å². The van der Waals surface area contributed by atoms with E-state index in [1.54, 1.807) is 12.2 Å². The first kappa shape index (κ1) is 14.7. The van der Waals surface area contributed by atoms with Gasteiger partial charge >= 0.3 is 0 Å². The monoisotopic (exact) mass is 221 g/mol. The number of hydrogen-bond acceptors (Lipinski definition) is 1. The molecular formula is C14H23NO. The van der Waals surface area contributed by atoms with E-state index in [2.05, 4.69) is 24.4 Å². The van der Waals surface area contributed by atoms with Gasteiger partial charge in [-0.2, -0.15) is 0 Å². The first-order valence-electron chi connectivity index (χ1n) is 5.95. The van der Waals surface area contributed by atoms with Gasteiger partial charge in [0.2, 0.25) is 5.91 Å². The van der Waals surface area contributed by atoms with Crippen molar-refractivity contribution in [3.8, 4) is 0 Å². The largest absolute Gasteiger partial charge is 0.350 e. The van der Waals surface area contributed by atoms with Gasteiger partial charge < -0.3 is 5.32 Å². The molecule has 1 unspecified atom stereocenters. The fraction of sp³-hybridized carbons (Fsp3) is 0.500. The van der Waals surface area contributed by atoms with Crippen LogP contribution in [0.1, 0.15) is 40.0 Å². The van der Waals surface area contributed by atoms with Crippen LogP contribution in [-0.4, -0.2) is 11.9 Å². The highest BCUT2D eigenvalue weighted by molar-refractivity contribution is 5.87. The summed E-state index contributed by atoms with van der Waals surface area (Å²) < 4.78 is 0. The lowest BCUT2D eigenvalue weighted by Crippen LogP contribution is -2.30. The van der Waals surface area contributed by atoms with Gasteiger partial charge in [0.25, 0.3) is 0 Å². The molecule has 0 spiro atoms. The minimum atomic E-state index is -0.0209. The zero-order valence-corrected chi connectivity index (χ0v) is 10.6. The molecule has 0 aromatic rings. The Hall–Kier alpha value is -1.31. The minimum absolute atomic E-state index is 0.0209. The van der Waals surface area contributed by atoms with E-state index in [0.29, 0.717) is 0 Å². The van der Waals surface area contributed by atoms with Crippen molar-refractivity contribution in [1.82, 2.24) is 5.32 Å². The van der Waals surface area contributed by atoms with E-state index in [1.165, 1.54) is 0 Å². The van der Waals surface area contributed by atoms with Crippen LogP contribution in [0.25, 0.3) is 0 Å². The lowest BCUT2D eigenvalue weighted by molar-refractivity contribution is -0.117. The number of rotatable bonds is 7. The van der Waals surface area contributed by atoms with E-state index in [-0.39, 0.29) is 11.9 Å². The number of carbonyl (C=O) groups excluding carboxylic acids is 1. The van der Waals surface area contributed by atoms with Crippen molar-refractivity contribution in [1.29, 1.82) is 0 Å². The first-order chi connectivity index (χ1) is 7.70. The Labute approximate surface area is 99.1 Å². The third kappa shape index (κ3) is 9.25. The highest BCUT2D eigenvalue weighted by atomic mass is 16.1. The maximum absolute atomic E-state index is 11.3. The molecule has 16 heavy (non-hydrogen) atoms. The molecule has 2 heteroatoms. The van der Waals surface area contributed by atoms with Crippen LogP contribution in [0.3, 0.4) is 0 Å². The number of allylic oxidation sites excluding steroid dienone is 5. The number of carbonyl (C=O) groups is 1. The van der Waals surface area contributed by atoms with Gasteiger partial charge in [0.05, 0.1) is 0 Å². The molecule has 0 fully saturated rings. The van der Waals surface area contributed by atoms with E-state index >= 15 is 0 Å². The molecule has 90 valence electrons. The minimum Gasteiger partial charge on any atom is -0.350 e. The molecule has 0 aliphatic heterocycles. The molecule has 0 heterocycles. The van der Waals surface area contributed by atoms with Crippen LogP contribution in [0.2, 0.25) is 0 Å². The van der Waals surface area contributed by atoms with Crippen molar-refractivity contribution in [3.63, 3.8) is 0 Å². The van der Waals surface area contributed by atoms with Crippen molar-refractivity contribution in [2.75, 3.05) is 0 Å². The number of amides is 1. The number of nitrogens with one attached hydrogen (secondary N) is 1. The predicted octanol–water partition coefficient (Wildman–Crippen LogP) is 3.37. The summed E-state index contributed by atoms with van der Waals surface area (Å²) in [6, 6.07) is 0.246. The maximum Gasteiger partial charge on any atom is 0.244 e. The molecule has 0 aromatic carbocycles. The number of unbranched alkanes of at least 4 members (excludes halogenated alkanes) is 1. The molecule has 2 nitrogen and oxygen atoms in total. The highest BCUT2D eigenvalue weighted by Crippen LogP contribution is 1.93. The average molecular weight is 221 g/mol. The number of hydrogen-bond donors (Lipinski definition) is 1. The summed E-state index contributed by atoms with van der Waals surface area (Å²) in [6.07, 6.45) is 14.5. The fourth-order valence-electron chi connectivity index (χ4n) is 1.07. The van der Waals surface area contributed by atoms with Crippen molar-refractivity contribution < 1.29 is 4.79 Å². The molecule has 0 saturated carbocycles. The molecule has 0 rings (SSSR count). The summed E-state index contributed by atoms with van der Waals surface area (Å²) in [7, 11) is 0. The molecule has 1 amide bonds. The third-order valence-electron chi connectivity index (χ3n) is 2.23. The van der Waals surface area contributed by atoms with Gasteiger partial charge in [-0.15, -0.1) is 0 Å². The molecule has 0 aliphatic rings. The van der Waals surface area contributed by atoms with Gasteiger partial charge in [-0.25, -0.2) is 0 Å². The summed E-state index contributed by atoms with van der Waals surface area (Å²) in [5.74, 6) is -0.0209. The van der Waals surface area contributed by atoms with E-state index in [0.717, 1.165) is 19.3 Å². The van der Waals surface area contributed by atoms with Gasteiger partial charge in [-0.3, -0.25) is 4.79 Å². The first-order valence-corrected chi connectivity index (χ1v) is 5.95. The van der Waals surface area contributed by atoms with Crippen molar-refractivity contribution in [2.24, 2.45) is 0 Å². The molecule has 0 saturated heterocycles. The second kappa shape index (κ2) is 10.2. The van der Waals surface area contributed by atoms with Crippen molar-refractivity contribution in [2.45, 2.75) is 46.1 Å². The highest BCUT2D eigenvalue weighted by Gasteiger charge is 1.99. The quantitative estimate of drug-likeness (QED) is 0.304. The summed E-state index contributed by atoms with van der Waals surface area (Å²) in [6.45, 7) is 6.07. The zero-order chi connectivity index (χ0) is 12.2. The van der Waals surface area contributed by atoms with Gasteiger partial charge in [0, 0.05) is 12.1 Å². The molecule has 0 radical (unpaired) electrons. The lowest BCUT2D eigenvalue weighted by atomic mass is 10.2. The van der Waals surface area contributed by atoms with Crippen LogP contribution >= 0.6 is 0 Å². The van der Waals surface area contributed by atoms with E-state index < -0.39 is 0 Å². The SMILES string of the molecule is C/C=C\CC/C=C\C=C\C(=O)NC(C)CC. The standard InChI is InChI=1S/C14H23NO/c1-4-6-7-8-9-10-11-12-14(16)15-13(3)5-2/h4,6,9-13H,5,7-8H2,1-3H3,(H,15,16)/b6-4-,10-9-,12-11+. The molecule has 0 aliphatic carbocycles. The van der Waals surface area contributed by atoms with Gasteiger partial charge in [-0.1, -0.05) is 37.3 Å². The second-order valence-electron chi connectivity index (χ2n) is 3.75.